The number of H-pyrrole nitrogens is 1. The monoisotopic (exact) mass is 362 g/mol. The first kappa shape index (κ1) is 16.6. The zero-order chi connectivity index (χ0) is 18.1. The minimum Gasteiger partial charge on any atom is -0.322 e. The predicted molar refractivity (Wildman–Crippen MR) is 105 cm³/mol. The minimum atomic E-state index is -0.108. The number of aromatic nitrogens is 4. The molecule has 1 atom stereocenters. The molecule has 26 heavy (non-hydrogen) atoms. The van der Waals surface area contributed by atoms with E-state index in [9.17, 15) is 4.79 Å². The molecule has 0 fully saturated rings. The number of fused-ring (bicyclic) bond motifs is 1. The third-order valence-electron chi connectivity index (χ3n) is 4.31. The number of imidazole rings is 1. The summed E-state index contributed by atoms with van der Waals surface area (Å²) in [5, 5.41) is 1.46. The standard InChI is InChI=1S/C20H18N4OS/c1-13(18-22-16-11-7-6-10-15(16)19(25)23-18)26-20-21-12-17(24(20)2)14-8-4-3-5-9-14/h3-13H,1-2H3,(H,22,23,25). The van der Waals surface area contributed by atoms with Crippen LogP contribution in [-0.2, 0) is 7.05 Å². The molecule has 0 saturated heterocycles. The van der Waals surface area contributed by atoms with Gasteiger partial charge in [-0.3, -0.25) is 4.79 Å². The summed E-state index contributed by atoms with van der Waals surface area (Å²) in [5.74, 6) is 0.656. The second-order valence-electron chi connectivity index (χ2n) is 6.08. The number of aromatic amines is 1. The van der Waals surface area contributed by atoms with Crippen molar-refractivity contribution in [2.45, 2.75) is 17.3 Å². The van der Waals surface area contributed by atoms with Crippen molar-refractivity contribution < 1.29 is 0 Å². The topological polar surface area (TPSA) is 63.6 Å². The molecule has 0 aliphatic carbocycles. The molecule has 1 N–H and O–H groups in total. The normalized spacial score (nSPS) is 12.4. The Balaban J connectivity index is 1.64. The van der Waals surface area contributed by atoms with E-state index in [-0.39, 0.29) is 10.8 Å². The molecule has 0 aliphatic rings. The predicted octanol–water partition coefficient (Wildman–Crippen LogP) is 4.18. The van der Waals surface area contributed by atoms with Gasteiger partial charge in [0.2, 0.25) is 0 Å². The van der Waals surface area contributed by atoms with E-state index in [1.54, 1.807) is 17.8 Å². The first-order valence-electron chi connectivity index (χ1n) is 8.36. The van der Waals surface area contributed by atoms with Gasteiger partial charge in [-0.05, 0) is 24.6 Å². The van der Waals surface area contributed by atoms with Crippen molar-refractivity contribution in [1.29, 1.82) is 0 Å². The molecule has 2 aromatic heterocycles. The van der Waals surface area contributed by atoms with E-state index >= 15 is 0 Å². The Bertz CT molecular complexity index is 1120. The van der Waals surface area contributed by atoms with Crippen LogP contribution in [-0.4, -0.2) is 19.5 Å². The zero-order valence-corrected chi connectivity index (χ0v) is 15.3. The maximum Gasteiger partial charge on any atom is 0.258 e. The number of nitrogens with zero attached hydrogens (tertiary/aromatic N) is 3. The summed E-state index contributed by atoms with van der Waals surface area (Å²) in [7, 11) is 2.00. The maximum absolute atomic E-state index is 12.3. The van der Waals surface area contributed by atoms with Gasteiger partial charge in [0.25, 0.3) is 5.56 Å². The van der Waals surface area contributed by atoms with Crippen LogP contribution in [0.4, 0.5) is 0 Å². The molecule has 0 aliphatic heterocycles. The molecule has 130 valence electrons. The van der Waals surface area contributed by atoms with Gasteiger partial charge in [-0.1, -0.05) is 54.2 Å². The van der Waals surface area contributed by atoms with E-state index < -0.39 is 0 Å². The lowest BCUT2D eigenvalue weighted by Crippen LogP contribution is -2.13. The Labute approximate surface area is 155 Å². The largest absolute Gasteiger partial charge is 0.322 e. The highest BCUT2D eigenvalue weighted by atomic mass is 32.2. The van der Waals surface area contributed by atoms with Crippen molar-refractivity contribution in [3.05, 3.63) is 77.0 Å². The summed E-state index contributed by atoms with van der Waals surface area (Å²) >= 11 is 1.58. The van der Waals surface area contributed by atoms with E-state index in [4.69, 9.17) is 0 Å². The van der Waals surface area contributed by atoms with Crippen molar-refractivity contribution in [3.8, 4) is 11.3 Å². The molecular weight excluding hydrogens is 344 g/mol. The second kappa shape index (κ2) is 6.80. The van der Waals surface area contributed by atoms with Crippen molar-refractivity contribution in [2.24, 2.45) is 7.05 Å². The van der Waals surface area contributed by atoms with Crippen LogP contribution in [0.2, 0.25) is 0 Å². The van der Waals surface area contributed by atoms with Gasteiger partial charge in [-0.2, -0.15) is 0 Å². The summed E-state index contributed by atoms with van der Waals surface area (Å²) in [6.07, 6.45) is 1.88. The lowest BCUT2D eigenvalue weighted by atomic mass is 10.2. The van der Waals surface area contributed by atoms with Crippen LogP contribution >= 0.6 is 11.8 Å². The minimum absolute atomic E-state index is 0.0305. The smallest absolute Gasteiger partial charge is 0.258 e. The highest BCUT2D eigenvalue weighted by Gasteiger charge is 2.16. The Morgan fingerprint density at radius 2 is 1.81 bits per heavy atom. The number of para-hydroxylation sites is 1. The summed E-state index contributed by atoms with van der Waals surface area (Å²) < 4.78 is 2.07. The molecule has 0 spiro atoms. The molecule has 0 saturated carbocycles. The van der Waals surface area contributed by atoms with E-state index in [1.165, 1.54) is 0 Å². The number of rotatable bonds is 4. The number of hydrogen-bond acceptors (Lipinski definition) is 4. The summed E-state index contributed by atoms with van der Waals surface area (Å²) in [5.41, 5.74) is 2.78. The number of nitrogens with one attached hydrogen (secondary N) is 1. The Hall–Kier alpha value is -2.86. The Morgan fingerprint density at radius 1 is 1.08 bits per heavy atom. The van der Waals surface area contributed by atoms with E-state index in [1.807, 2.05) is 56.6 Å². The van der Waals surface area contributed by atoms with Gasteiger partial charge < -0.3 is 9.55 Å². The van der Waals surface area contributed by atoms with Gasteiger partial charge in [0.15, 0.2) is 5.16 Å². The molecule has 4 aromatic rings. The van der Waals surface area contributed by atoms with Crippen LogP contribution in [0.25, 0.3) is 22.2 Å². The van der Waals surface area contributed by atoms with Gasteiger partial charge in [0.1, 0.15) is 5.82 Å². The lowest BCUT2D eigenvalue weighted by Gasteiger charge is -2.12. The van der Waals surface area contributed by atoms with E-state index in [2.05, 4.69) is 31.7 Å². The quantitative estimate of drug-likeness (QED) is 0.553. The average Bonchev–Trinajstić information content (AvgIpc) is 3.03. The third kappa shape index (κ3) is 3.04. The van der Waals surface area contributed by atoms with Gasteiger partial charge in [-0.25, -0.2) is 9.97 Å². The first-order valence-corrected chi connectivity index (χ1v) is 9.24. The molecule has 0 radical (unpaired) electrons. The molecule has 6 heteroatoms. The average molecular weight is 362 g/mol. The third-order valence-corrected chi connectivity index (χ3v) is 5.48. The van der Waals surface area contributed by atoms with Crippen molar-refractivity contribution in [1.82, 2.24) is 19.5 Å². The molecule has 5 nitrogen and oxygen atoms in total. The van der Waals surface area contributed by atoms with Crippen LogP contribution in [0, 0.1) is 0 Å². The van der Waals surface area contributed by atoms with E-state index in [0.717, 1.165) is 16.4 Å². The maximum atomic E-state index is 12.3. The molecule has 2 aromatic carbocycles. The fraction of sp³-hybridized carbons (Fsp3) is 0.150. The number of benzene rings is 2. The summed E-state index contributed by atoms with van der Waals surface area (Å²) in [6, 6.07) is 17.5. The first-order chi connectivity index (χ1) is 12.6. The van der Waals surface area contributed by atoms with Gasteiger partial charge in [-0.15, -0.1) is 0 Å². The molecular formula is C20H18N4OS. The summed E-state index contributed by atoms with van der Waals surface area (Å²) in [6.45, 7) is 2.02. The number of thioether (sulfide) groups is 1. The highest BCUT2D eigenvalue weighted by molar-refractivity contribution is 7.99. The van der Waals surface area contributed by atoms with Crippen molar-refractivity contribution in [3.63, 3.8) is 0 Å². The fourth-order valence-electron chi connectivity index (χ4n) is 2.89. The molecule has 1 unspecified atom stereocenters. The fourth-order valence-corrected chi connectivity index (χ4v) is 3.80. The van der Waals surface area contributed by atoms with Crippen LogP contribution < -0.4 is 5.56 Å². The zero-order valence-electron chi connectivity index (χ0n) is 14.5. The van der Waals surface area contributed by atoms with Crippen molar-refractivity contribution in [2.75, 3.05) is 0 Å². The van der Waals surface area contributed by atoms with Gasteiger partial charge in [0.05, 0.1) is 28.0 Å². The summed E-state index contributed by atoms with van der Waals surface area (Å²) in [4.78, 5) is 24.4. The van der Waals surface area contributed by atoms with Crippen LogP contribution in [0.1, 0.15) is 18.0 Å². The molecule has 0 amide bonds. The van der Waals surface area contributed by atoms with Crippen LogP contribution in [0.3, 0.4) is 0 Å². The SMILES string of the molecule is CC(Sc1ncc(-c2ccccc2)n1C)c1nc2ccccc2c(=O)[nH]1. The molecule has 4 rings (SSSR count). The molecule has 0 bridgehead atoms. The highest BCUT2D eigenvalue weighted by Crippen LogP contribution is 2.34. The van der Waals surface area contributed by atoms with Gasteiger partial charge >= 0.3 is 0 Å². The second-order valence-corrected chi connectivity index (χ2v) is 7.39. The van der Waals surface area contributed by atoms with Crippen LogP contribution in [0.5, 0.6) is 0 Å². The van der Waals surface area contributed by atoms with E-state index in [0.29, 0.717) is 16.7 Å². The lowest BCUT2D eigenvalue weighted by molar-refractivity contribution is 0.789. The Kier molecular flexibility index (Phi) is 4.34. The van der Waals surface area contributed by atoms with Gasteiger partial charge in [0, 0.05) is 7.05 Å². The Morgan fingerprint density at radius 3 is 2.62 bits per heavy atom. The number of hydrogen-bond donors (Lipinski definition) is 1. The van der Waals surface area contributed by atoms with Crippen molar-refractivity contribution >= 4 is 22.7 Å². The molecule has 2 heterocycles. The van der Waals surface area contributed by atoms with Crippen LogP contribution in [0.15, 0.2) is 70.7 Å².